The topological polar surface area (TPSA) is 98.4 Å². The average molecular weight is 527 g/mol. The van der Waals surface area contributed by atoms with E-state index < -0.39 is 40.6 Å². The van der Waals surface area contributed by atoms with E-state index in [2.05, 4.69) is 9.97 Å². The highest BCUT2D eigenvalue weighted by Gasteiger charge is 2.39. The SMILES string of the molecule is COC(=O)N(C)[C@@H]1[C@H](N)C[C@H](c2ccncc2CC(=O)c2ccc(F)c(-c3c(F)cccc3F)n2)C[C@@H]1C. The number of Topliss-reactive ketones (excluding diaryl/α,β-unsaturated/α-hetero) is 1. The Morgan fingerprint density at radius 3 is 2.45 bits per heavy atom. The minimum Gasteiger partial charge on any atom is -0.453 e. The fourth-order valence-corrected chi connectivity index (χ4v) is 5.51. The van der Waals surface area contributed by atoms with Gasteiger partial charge in [-0.25, -0.2) is 22.9 Å². The van der Waals surface area contributed by atoms with E-state index in [0.29, 0.717) is 12.0 Å². The van der Waals surface area contributed by atoms with Crippen molar-refractivity contribution in [2.75, 3.05) is 14.2 Å². The molecule has 3 aromatic rings. The number of aromatic nitrogens is 2. The van der Waals surface area contributed by atoms with Gasteiger partial charge in [0.25, 0.3) is 0 Å². The molecule has 1 aliphatic carbocycles. The number of pyridine rings is 2. The predicted molar refractivity (Wildman–Crippen MR) is 135 cm³/mol. The summed E-state index contributed by atoms with van der Waals surface area (Å²) < 4.78 is 47.9. The molecule has 0 aliphatic heterocycles. The van der Waals surface area contributed by atoms with Crippen LogP contribution in [0.1, 0.15) is 47.3 Å². The van der Waals surface area contributed by atoms with Crippen LogP contribution >= 0.6 is 0 Å². The highest BCUT2D eigenvalue weighted by molar-refractivity contribution is 5.96. The number of carbonyl (C=O) groups excluding carboxylic acids is 2. The number of carbonyl (C=O) groups is 2. The third kappa shape index (κ3) is 5.40. The van der Waals surface area contributed by atoms with Gasteiger partial charge in [0.2, 0.25) is 0 Å². The van der Waals surface area contributed by atoms with Crippen LogP contribution in [-0.4, -0.2) is 53.0 Å². The summed E-state index contributed by atoms with van der Waals surface area (Å²) >= 11 is 0. The average Bonchev–Trinajstić information content (AvgIpc) is 2.88. The Morgan fingerprint density at radius 2 is 1.79 bits per heavy atom. The Morgan fingerprint density at radius 1 is 1.08 bits per heavy atom. The molecule has 7 nitrogen and oxygen atoms in total. The molecular weight excluding hydrogens is 497 g/mol. The number of ether oxygens (including phenoxy) is 1. The zero-order valence-electron chi connectivity index (χ0n) is 21.3. The first-order chi connectivity index (χ1) is 18.1. The van der Waals surface area contributed by atoms with Gasteiger partial charge in [-0.1, -0.05) is 13.0 Å². The van der Waals surface area contributed by atoms with Crippen LogP contribution in [0.4, 0.5) is 18.0 Å². The maximum Gasteiger partial charge on any atom is 0.409 e. The van der Waals surface area contributed by atoms with Gasteiger partial charge in [0, 0.05) is 31.9 Å². The van der Waals surface area contributed by atoms with Crippen molar-refractivity contribution in [2.24, 2.45) is 11.7 Å². The maximum absolute atomic E-state index is 14.5. The second-order valence-electron chi connectivity index (χ2n) is 9.68. The fourth-order valence-electron chi connectivity index (χ4n) is 5.51. The molecular formula is C28H29F3N4O3. The van der Waals surface area contributed by atoms with Gasteiger partial charge in [-0.3, -0.25) is 9.78 Å². The van der Waals surface area contributed by atoms with Gasteiger partial charge >= 0.3 is 6.09 Å². The summed E-state index contributed by atoms with van der Waals surface area (Å²) in [7, 11) is 2.99. The molecule has 10 heteroatoms. The van der Waals surface area contributed by atoms with Gasteiger partial charge in [-0.05, 0) is 66.1 Å². The third-order valence-electron chi connectivity index (χ3n) is 7.21. The monoisotopic (exact) mass is 526 g/mol. The van der Waals surface area contributed by atoms with Crippen LogP contribution in [0.15, 0.2) is 48.8 Å². The Labute approximate surface area is 218 Å². The number of rotatable bonds is 6. The molecule has 0 spiro atoms. The number of hydrogen-bond acceptors (Lipinski definition) is 6. The molecule has 4 atom stereocenters. The van der Waals surface area contributed by atoms with Crippen LogP contribution < -0.4 is 5.73 Å². The van der Waals surface area contributed by atoms with Crippen molar-refractivity contribution in [3.05, 3.63) is 83.1 Å². The molecule has 0 unspecified atom stereocenters. The van der Waals surface area contributed by atoms with Gasteiger partial charge in [-0.2, -0.15) is 0 Å². The number of methoxy groups -OCH3 is 1. The van der Waals surface area contributed by atoms with Crippen LogP contribution in [0.2, 0.25) is 0 Å². The van der Waals surface area contributed by atoms with Crippen LogP contribution in [0.25, 0.3) is 11.3 Å². The summed E-state index contributed by atoms with van der Waals surface area (Å²) in [5, 5.41) is 0. The lowest BCUT2D eigenvalue weighted by Gasteiger charge is -2.43. The molecule has 2 N–H and O–H groups in total. The largest absolute Gasteiger partial charge is 0.453 e. The smallest absolute Gasteiger partial charge is 0.409 e. The molecule has 1 aliphatic rings. The number of ketones is 1. The molecule has 4 rings (SSSR count). The van der Waals surface area contributed by atoms with Gasteiger partial charge < -0.3 is 15.4 Å². The zero-order valence-corrected chi connectivity index (χ0v) is 21.3. The molecule has 38 heavy (non-hydrogen) atoms. The number of nitrogens with two attached hydrogens (primary N) is 1. The van der Waals surface area contributed by atoms with Crippen LogP contribution in [0.5, 0.6) is 0 Å². The lowest BCUT2D eigenvalue weighted by Crippen LogP contribution is -2.55. The Balaban J connectivity index is 1.58. The van der Waals surface area contributed by atoms with Crippen LogP contribution in [0.3, 0.4) is 0 Å². The number of likely N-dealkylation sites (N-methyl/N-ethyl adjacent to an activating group) is 1. The van der Waals surface area contributed by atoms with Gasteiger partial charge in [0.15, 0.2) is 5.78 Å². The first kappa shape index (κ1) is 27.3. The first-order valence-electron chi connectivity index (χ1n) is 12.3. The molecule has 1 saturated carbocycles. The standard InChI is InChI=1S/C28H29F3N4O3/c1-15-11-16(12-22(32)27(15)35(2)28(37)38-3)18-9-10-33-14-17(18)13-24(36)23-8-7-21(31)26(34-23)25-19(29)5-4-6-20(25)30/h4-10,14-16,22,27H,11-13,32H2,1-3H3/t15-,16+,22+,27-/m0/s1. The van der Waals surface area contributed by atoms with E-state index in [1.807, 2.05) is 13.0 Å². The molecule has 0 saturated heterocycles. The lowest BCUT2D eigenvalue weighted by atomic mass is 9.72. The summed E-state index contributed by atoms with van der Waals surface area (Å²) in [6.45, 7) is 2.02. The quantitative estimate of drug-likeness (QED) is 0.459. The number of halogens is 3. The number of benzene rings is 1. The summed E-state index contributed by atoms with van der Waals surface area (Å²) in [4.78, 5) is 35.0. The van der Waals surface area contributed by atoms with Gasteiger partial charge in [-0.15, -0.1) is 0 Å². The van der Waals surface area contributed by atoms with Crippen molar-refractivity contribution >= 4 is 11.9 Å². The van der Waals surface area contributed by atoms with Crippen LogP contribution in [-0.2, 0) is 11.2 Å². The summed E-state index contributed by atoms with van der Waals surface area (Å²) in [6.07, 6.45) is 3.99. The second-order valence-corrected chi connectivity index (χ2v) is 9.68. The van der Waals surface area contributed by atoms with E-state index in [1.54, 1.807) is 19.4 Å². The lowest BCUT2D eigenvalue weighted by molar-refractivity contribution is 0.0776. The summed E-state index contributed by atoms with van der Waals surface area (Å²) in [6, 6.07) is 6.66. The Hall–Kier alpha value is -3.79. The van der Waals surface area contributed by atoms with E-state index in [0.717, 1.165) is 30.2 Å². The molecule has 200 valence electrons. The van der Waals surface area contributed by atoms with E-state index in [4.69, 9.17) is 10.5 Å². The van der Waals surface area contributed by atoms with Crippen molar-refractivity contribution in [1.82, 2.24) is 14.9 Å². The van der Waals surface area contributed by atoms with Crippen molar-refractivity contribution in [1.29, 1.82) is 0 Å². The third-order valence-corrected chi connectivity index (χ3v) is 7.21. The van der Waals surface area contributed by atoms with E-state index in [-0.39, 0.29) is 36.0 Å². The summed E-state index contributed by atoms with van der Waals surface area (Å²) in [5.41, 5.74) is 6.75. The van der Waals surface area contributed by atoms with Gasteiger partial charge in [0.1, 0.15) is 28.8 Å². The molecule has 0 bridgehead atoms. The van der Waals surface area contributed by atoms with E-state index >= 15 is 0 Å². The summed E-state index contributed by atoms with van der Waals surface area (Å²) in [5.74, 6) is -3.28. The van der Waals surface area contributed by atoms with E-state index in [9.17, 15) is 22.8 Å². The fraction of sp³-hybridized carbons (Fsp3) is 0.357. The van der Waals surface area contributed by atoms with Crippen molar-refractivity contribution in [3.8, 4) is 11.3 Å². The predicted octanol–water partition coefficient (Wildman–Crippen LogP) is 4.89. The molecule has 1 amide bonds. The Bertz CT molecular complexity index is 1320. The normalized spacial score (nSPS) is 21.1. The highest BCUT2D eigenvalue weighted by atomic mass is 19.1. The molecule has 1 fully saturated rings. The molecule has 0 radical (unpaired) electrons. The Kier molecular flexibility index (Phi) is 8.11. The molecule has 2 heterocycles. The number of nitrogens with zero attached hydrogens (tertiary/aromatic N) is 3. The number of amides is 1. The molecule has 2 aromatic heterocycles. The van der Waals surface area contributed by atoms with Crippen molar-refractivity contribution in [2.45, 2.75) is 44.2 Å². The first-order valence-corrected chi connectivity index (χ1v) is 12.3. The second kappa shape index (κ2) is 11.3. The zero-order chi connectivity index (χ0) is 27.6. The van der Waals surface area contributed by atoms with E-state index in [1.165, 1.54) is 24.1 Å². The minimum atomic E-state index is -0.977. The van der Waals surface area contributed by atoms with Crippen LogP contribution in [0, 0.1) is 23.4 Å². The molecule has 1 aromatic carbocycles. The van der Waals surface area contributed by atoms with Crippen molar-refractivity contribution in [3.63, 3.8) is 0 Å². The van der Waals surface area contributed by atoms with Crippen molar-refractivity contribution < 1.29 is 27.5 Å². The maximum atomic E-state index is 14.5. The minimum absolute atomic E-state index is 0.0114. The number of hydrogen-bond donors (Lipinski definition) is 1. The van der Waals surface area contributed by atoms with Gasteiger partial charge in [0.05, 0.1) is 18.7 Å². The highest BCUT2D eigenvalue weighted by Crippen LogP contribution is 2.39.